The Morgan fingerprint density at radius 1 is 1.14 bits per heavy atom. The first kappa shape index (κ1) is 22.4. The van der Waals surface area contributed by atoms with Crippen LogP contribution in [0.15, 0.2) is 0 Å². The molecule has 0 aromatic carbocycles. The van der Waals surface area contributed by atoms with Crippen molar-refractivity contribution in [3.63, 3.8) is 0 Å². The molecule has 0 aliphatic carbocycles. The third kappa shape index (κ3) is 43.4. The molecule has 0 saturated heterocycles. The molecule has 0 unspecified atom stereocenters. The van der Waals surface area contributed by atoms with Crippen molar-refractivity contribution in [3.8, 4) is 0 Å². The smallest absolute Gasteiger partial charge is 1.00 e. The topological polar surface area (TPSA) is 60.7 Å². The second-order valence-corrected chi connectivity index (χ2v) is 0.346. The van der Waals surface area contributed by atoms with E-state index in [1.165, 1.54) is 0 Å². The Morgan fingerprint density at radius 2 is 1.14 bits per heavy atom. The van der Waals surface area contributed by atoms with Gasteiger partial charge in [-0.15, -0.1) is 0 Å². The molecule has 0 bridgehead atoms. The summed E-state index contributed by atoms with van der Waals surface area (Å²) in [6.07, 6.45) is 0. The zero-order valence-corrected chi connectivity index (χ0v) is 11.3. The van der Waals surface area contributed by atoms with Crippen LogP contribution in [0.3, 0.4) is 0 Å². The van der Waals surface area contributed by atoms with Gasteiger partial charge in [0.1, 0.15) is 0 Å². The van der Waals surface area contributed by atoms with Crippen LogP contribution in [0.25, 0.3) is 0 Å². The van der Waals surface area contributed by atoms with Gasteiger partial charge in [-0.3, -0.25) is 0 Å². The van der Waals surface area contributed by atoms with Gasteiger partial charge in [-0.1, -0.05) is 0 Å². The summed E-state index contributed by atoms with van der Waals surface area (Å²) in [5.74, 6) is 0. The van der Waals surface area contributed by atoms with Crippen LogP contribution in [0, 0.1) is 0 Å². The molecule has 0 rings (SSSR count). The van der Waals surface area contributed by atoms with Crippen molar-refractivity contribution in [1.82, 2.24) is 0 Å². The molecule has 0 saturated carbocycles. The molecule has 0 aliphatic rings. The Bertz CT molecular complexity index is 30.1. The van der Waals surface area contributed by atoms with Crippen LogP contribution in [0.5, 0.6) is 0 Å². The Kier molecular flexibility index (Phi) is 52.1. The van der Waals surface area contributed by atoms with E-state index in [0.29, 0.717) is 0 Å². The second kappa shape index (κ2) is 16.3. The van der Waals surface area contributed by atoms with Gasteiger partial charge in [-0.05, 0) is 0 Å². The average molecular weight is 321 g/mol. The zero-order chi connectivity index (χ0) is 3.58. The van der Waals surface area contributed by atoms with E-state index >= 15 is 0 Å². The second-order valence-electron chi connectivity index (χ2n) is 0.346. The van der Waals surface area contributed by atoms with Crippen LogP contribution < -0.4 is 0 Å². The van der Waals surface area contributed by atoms with Crippen LogP contribution in [-0.4, -0.2) is 134 Å². The molecule has 3 N–H and O–H groups in total. The van der Waals surface area contributed by atoms with Gasteiger partial charge < -0.3 is 20.8 Å². The van der Waals surface area contributed by atoms with Crippen molar-refractivity contribution in [2.24, 2.45) is 0 Å². The fraction of sp³-hybridized carbons (Fsp3) is 0. The van der Waals surface area contributed by atoms with E-state index in [0.717, 1.165) is 0 Å². The molecule has 3 nitrogen and oxygen atoms in total. The van der Waals surface area contributed by atoms with E-state index in [-0.39, 0.29) is 117 Å². The molecule has 0 aromatic heterocycles. The standard InChI is InChI=1S/Al.BH3O3.Ba.Sr.7H/c;2-1(3)4;;;;;;;;;/h;2-4H;;;;;;;;;/q;;2*+2;;;;4*-1. The minimum absolute atomic E-state index is 0. The zero-order valence-electron chi connectivity index (χ0n) is 7.33. The number of hydrogen-bond acceptors (Lipinski definition) is 3. The van der Waals surface area contributed by atoms with Gasteiger partial charge in [0.05, 0.1) is 0 Å². The quantitative estimate of drug-likeness (QED) is 0.405. The molecule has 0 heterocycles. The number of rotatable bonds is 0. The largest absolute Gasteiger partial charge is 2.00 e. The monoisotopic (exact) mass is 322 g/mol. The Hall–Kier alpha value is 3.53. The fourth-order valence-corrected chi connectivity index (χ4v) is 0. The maximum Gasteiger partial charge on any atom is 2.00 e. The summed E-state index contributed by atoms with van der Waals surface area (Å²) >= 11 is 0. The molecule has 0 radical (unpaired) electrons. The molecule has 0 amide bonds. The molecule has 0 spiro atoms. The third-order valence-electron chi connectivity index (χ3n) is 0. The van der Waals surface area contributed by atoms with Crippen molar-refractivity contribution in [2.75, 3.05) is 0 Å². The summed E-state index contributed by atoms with van der Waals surface area (Å²) in [4.78, 5) is 0. The molecule has 0 fully saturated rings. The molecule has 0 aromatic rings. The maximum atomic E-state index is 7.17. The van der Waals surface area contributed by atoms with Crippen molar-refractivity contribution in [2.45, 2.75) is 0 Å². The van der Waals surface area contributed by atoms with Gasteiger partial charge in [0, 0.05) is 0 Å². The Morgan fingerprint density at radius 3 is 1.14 bits per heavy atom. The van der Waals surface area contributed by atoms with Gasteiger partial charge in [0.15, 0.2) is 17.4 Å². The normalized spacial score (nSPS) is 3.86. The maximum absolute atomic E-state index is 7.17. The van der Waals surface area contributed by atoms with Gasteiger partial charge in [0.25, 0.3) is 0 Å². The molecule has 0 atom stereocenters. The van der Waals surface area contributed by atoms with E-state index in [1.54, 1.807) is 0 Å². The fourth-order valence-electron chi connectivity index (χ4n) is 0. The Balaban J connectivity index is -0.00000000214. The van der Waals surface area contributed by atoms with Crippen molar-refractivity contribution in [1.29, 1.82) is 0 Å². The predicted octanol–water partition coefficient (Wildman–Crippen LogP) is -3.55. The molecule has 7 heteroatoms. The minimum Gasteiger partial charge on any atom is -1.00 e. The van der Waals surface area contributed by atoms with Gasteiger partial charge in [-0.2, -0.15) is 0 Å². The third-order valence-corrected chi connectivity index (χ3v) is 0. The summed E-state index contributed by atoms with van der Waals surface area (Å²) in [5, 5.41) is 21.5. The van der Waals surface area contributed by atoms with Crippen LogP contribution in [-0.2, 0) is 0 Å². The van der Waals surface area contributed by atoms with E-state index in [2.05, 4.69) is 0 Å². The first-order valence-electron chi connectivity index (χ1n) is 0.775. The molecular formula is H10AlBBaO3Sr. The summed E-state index contributed by atoms with van der Waals surface area (Å²) < 4.78 is 0. The summed E-state index contributed by atoms with van der Waals surface area (Å²) in [5.41, 5.74) is 0. The van der Waals surface area contributed by atoms with E-state index in [1.807, 2.05) is 0 Å². The van der Waals surface area contributed by atoms with Crippen LogP contribution in [0.4, 0.5) is 0 Å². The van der Waals surface area contributed by atoms with Crippen LogP contribution >= 0.6 is 0 Å². The summed E-state index contributed by atoms with van der Waals surface area (Å²) in [6.45, 7) is 0. The molecule has 38 valence electrons. The summed E-state index contributed by atoms with van der Waals surface area (Å²) in [7, 11) is -2.17. The van der Waals surface area contributed by atoms with Crippen LogP contribution in [0.1, 0.15) is 5.71 Å². The van der Waals surface area contributed by atoms with Crippen molar-refractivity contribution >= 4 is 119 Å². The van der Waals surface area contributed by atoms with E-state index < -0.39 is 7.32 Å². The SMILES string of the molecule is OB(O)O.[AlH3].[Ba+2].[H-].[H-].[H-].[H-].[Sr+2]. The minimum atomic E-state index is -2.17. The molecular weight excluding hydrogens is 311 g/mol. The predicted molar refractivity (Wildman–Crippen MR) is 38.3 cm³/mol. The van der Waals surface area contributed by atoms with E-state index in [4.69, 9.17) is 15.1 Å². The average Bonchev–Trinajstić information content (AvgIpc) is 0.811. The van der Waals surface area contributed by atoms with Gasteiger partial charge in [-0.25, -0.2) is 0 Å². The molecule has 0 aliphatic heterocycles. The first-order chi connectivity index (χ1) is 1.73. The van der Waals surface area contributed by atoms with Crippen LogP contribution in [0.2, 0.25) is 0 Å². The van der Waals surface area contributed by atoms with Crippen molar-refractivity contribution in [3.05, 3.63) is 0 Å². The van der Waals surface area contributed by atoms with E-state index in [9.17, 15) is 0 Å². The Labute approximate surface area is 136 Å². The summed E-state index contributed by atoms with van der Waals surface area (Å²) in [6, 6.07) is 0. The van der Waals surface area contributed by atoms with Crippen molar-refractivity contribution < 1.29 is 20.8 Å². The number of hydrogen-bond donors (Lipinski definition) is 3. The molecule has 7 heavy (non-hydrogen) atoms. The van der Waals surface area contributed by atoms with Gasteiger partial charge in [0.2, 0.25) is 0 Å². The first-order valence-corrected chi connectivity index (χ1v) is 0.775. The van der Waals surface area contributed by atoms with Gasteiger partial charge >= 0.3 is 102 Å².